The van der Waals surface area contributed by atoms with Crippen molar-refractivity contribution in [1.29, 1.82) is 0 Å². The van der Waals surface area contributed by atoms with E-state index in [1.165, 1.54) is 24.3 Å². The molecule has 1 heterocycles. The summed E-state index contributed by atoms with van der Waals surface area (Å²) in [5.74, 6) is -0.946. The second kappa shape index (κ2) is 7.02. The van der Waals surface area contributed by atoms with Gasteiger partial charge in [0.2, 0.25) is 10.0 Å². The summed E-state index contributed by atoms with van der Waals surface area (Å²) in [6.07, 6.45) is 2.74. The maximum atomic E-state index is 12.1. The molecule has 1 atom stereocenters. The zero-order valence-electron chi connectivity index (χ0n) is 11.6. The van der Waals surface area contributed by atoms with E-state index in [-0.39, 0.29) is 24.0 Å². The van der Waals surface area contributed by atoms with Crippen LogP contribution in [-0.2, 0) is 26.0 Å². The lowest BCUT2D eigenvalue weighted by atomic mass is 10.1. The molecule has 116 valence electrons. The van der Waals surface area contributed by atoms with E-state index in [1.807, 2.05) is 0 Å². The molecule has 1 unspecified atom stereocenters. The Bertz CT molecular complexity index is 576. The van der Waals surface area contributed by atoms with Crippen LogP contribution in [0, 0.1) is 0 Å². The van der Waals surface area contributed by atoms with Gasteiger partial charge in [0.05, 0.1) is 17.4 Å². The van der Waals surface area contributed by atoms with Crippen molar-refractivity contribution in [2.75, 3.05) is 13.2 Å². The van der Waals surface area contributed by atoms with Crippen LogP contribution in [-0.4, -0.2) is 38.7 Å². The van der Waals surface area contributed by atoms with Crippen LogP contribution in [0.3, 0.4) is 0 Å². The predicted molar refractivity (Wildman–Crippen MR) is 76.6 cm³/mol. The van der Waals surface area contributed by atoms with Gasteiger partial charge in [0.1, 0.15) is 0 Å². The molecule has 1 aliphatic rings. The van der Waals surface area contributed by atoms with E-state index >= 15 is 0 Å². The SMILES string of the molecule is O=C(O)Cc1ccc(S(=O)(=O)NCC2CCCCO2)cc1. The Balaban J connectivity index is 1.96. The summed E-state index contributed by atoms with van der Waals surface area (Å²) < 4.78 is 32.3. The smallest absolute Gasteiger partial charge is 0.307 e. The summed E-state index contributed by atoms with van der Waals surface area (Å²) in [5, 5.41) is 8.68. The first-order valence-corrected chi connectivity index (χ1v) is 8.38. The van der Waals surface area contributed by atoms with Crippen LogP contribution >= 0.6 is 0 Å². The Morgan fingerprint density at radius 3 is 2.57 bits per heavy atom. The third kappa shape index (κ3) is 4.80. The van der Waals surface area contributed by atoms with Gasteiger partial charge in [-0.15, -0.1) is 0 Å². The van der Waals surface area contributed by atoms with Crippen LogP contribution in [0.5, 0.6) is 0 Å². The average molecular weight is 313 g/mol. The number of hydrogen-bond acceptors (Lipinski definition) is 4. The van der Waals surface area contributed by atoms with Crippen LogP contribution in [0.2, 0.25) is 0 Å². The Morgan fingerprint density at radius 1 is 1.29 bits per heavy atom. The number of hydrogen-bond donors (Lipinski definition) is 2. The van der Waals surface area contributed by atoms with Gasteiger partial charge in [-0.3, -0.25) is 4.79 Å². The lowest BCUT2D eigenvalue weighted by molar-refractivity contribution is -0.136. The molecule has 1 fully saturated rings. The van der Waals surface area contributed by atoms with Gasteiger partial charge < -0.3 is 9.84 Å². The molecular formula is C14H19NO5S. The molecule has 1 aromatic carbocycles. The van der Waals surface area contributed by atoms with E-state index in [0.717, 1.165) is 19.3 Å². The molecule has 7 heteroatoms. The summed E-state index contributed by atoms with van der Waals surface area (Å²) in [7, 11) is -3.58. The monoisotopic (exact) mass is 313 g/mol. The second-order valence-corrected chi connectivity index (χ2v) is 6.82. The molecule has 0 bridgehead atoms. The molecule has 6 nitrogen and oxygen atoms in total. The fraction of sp³-hybridized carbons (Fsp3) is 0.500. The van der Waals surface area contributed by atoms with Gasteiger partial charge in [-0.2, -0.15) is 0 Å². The second-order valence-electron chi connectivity index (χ2n) is 5.05. The zero-order valence-corrected chi connectivity index (χ0v) is 12.4. The van der Waals surface area contributed by atoms with Gasteiger partial charge >= 0.3 is 5.97 Å². The summed E-state index contributed by atoms with van der Waals surface area (Å²) in [4.78, 5) is 10.7. The highest BCUT2D eigenvalue weighted by Gasteiger charge is 2.19. The van der Waals surface area contributed by atoms with Gasteiger partial charge in [0, 0.05) is 13.2 Å². The number of ether oxygens (including phenoxy) is 1. The summed E-state index contributed by atoms with van der Waals surface area (Å²) in [6, 6.07) is 5.87. The van der Waals surface area contributed by atoms with E-state index in [1.54, 1.807) is 0 Å². The van der Waals surface area contributed by atoms with Crippen LogP contribution in [0.4, 0.5) is 0 Å². The Hall–Kier alpha value is -1.44. The Morgan fingerprint density at radius 2 is 2.00 bits per heavy atom. The molecule has 0 spiro atoms. The molecule has 1 aliphatic heterocycles. The fourth-order valence-electron chi connectivity index (χ4n) is 2.22. The number of rotatable bonds is 6. The molecule has 0 radical (unpaired) electrons. The fourth-order valence-corrected chi connectivity index (χ4v) is 3.28. The molecule has 0 aliphatic carbocycles. The third-order valence-electron chi connectivity index (χ3n) is 3.36. The number of benzene rings is 1. The summed E-state index contributed by atoms with van der Waals surface area (Å²) in [6.45, 7) is 0.940. The highest BCUT2D eigenvalue weighted by molar-refractivity contribution is 7.89. The van der Waals surface area contributed by atoms with Crippen LogP contribution < -0.4 is 4.72 Å². The van der Waals surface area contributed by atoms with Gasteiger partial charge in [0.15, 0.2) is 0 Å². The van der Waals surface area contributed by atoms with Gasteiger partial charge in [0.25, 0.3) is 0 Å². The van der Waals surface area contributed by atoms with Gasteiger partial charge in [-0.05, 0) is 37.0 Å². The normalized spacial score (nSPS) is 19.3. The lowest BCUT2D eigenvalue weighted by Crippen LogP contribution is -2.35. The van der Waals surface area contributed by atoms with Gasteiger partial charge in [-0.1, -0.05) is 12.1 Å². The Kier molecular flexibility index (Phi) is 5.33. The van der Waals surface area contributed by atoms with Crippen molar-refractivity contribution in [3.63, 3.8) is 0 Å². The molecule has 1 saturated heterocycles. The van der Waals surface area contributed by atoms with Gasteiger partial charge in [-0.25, -0.2) is 13.1 Å². The van der Waals surface area contributed by atoms with E-state index in [0.29, 0.717) is 12.2 Å². The van der Waals surface area contributed by atoms with Crippen molar-refractivity contribution in [2.24, 2.45) is 0 Å². The quantitative estimate of drug-likeness (QED) is 0.822. The van der Waals surface area contributed by atoms with Crippen molar-refractivity contribution in [1.82, 2.24) is 4.72 Å². The first kappa shape index (κ1) is 15.9. The first-order valence-electron chi connectivity index (χ1n) is 6.89. The first-order chi connectivity index (χ1) is 9.97. The van der Waals surface area contributed by atoms with Crippen molar-refractivity contribution in [2.45, 2.75) is 36.7 Å². The van der Waals surface area contributed by atoms with E-state index in [9.17, 15) is 13.2 Å². The molecular weight excluding hydrogens is 294 g/mol. The van der Waals surface area contributed by atoms with Crippen molar-refractivity contribution < 1.29 is 23.1 Å². The minimum Gasteiger partial charge on any atom is -0.481 e. The predicted octanol–water partition coefficient (Wildman–Crippen LogP) is 1.16. The topological polar surface area (TPSA) is 92.7 Å². The maximum absolute atomic E-state index is 12.1. The largest absolute Gasteiger partial charge is 0.481 e. The molecule has 2 N–H and O–H groups in total. The van der Waals surface area contributed by atoms with Crippen molar-refractivity contribution >= 4 is 16.0 Å². The number of carboxylic acid groups (broad SMARTS) is 1. The third-order valence-corrected chi connectivity index (χ3v) is 4.80. The number of carbonyl (C=O) groups is 1. The number of nitrogens with one attached hydrogen (secondary N) is 1. The minimum atomic E-state index is -3.58. The molecule has 0 amide bonds. The number of carboxylic acids is 1. The molecule has 0 aromatic heterocycles. The van der Waals surface area contributed by atoms with E-state index in [2.05, 4.69) is 4.72 Å². The van der Waals surface area contributed by atoms with E-state index < -0.39 is 16.0 Å². The molecule has 1 aromatic rings. The standard InChI is InChI=1S/C14H19NO5S/c16-14(17)9-11-4-6-13(7-5-11)21(18,19)15-10-12-3-1-2-8-20-12/h4-7,12,15H,1-3,8-10H2,(H,16,17). The Labute approximate surface area is 124 Å². The lowest BCUT2D eigenvalue weighted by Gasteiger charge is -2.22. The van der Waals surface area contributed by atoms with E-state index in [4.69, 9.17) is 9.84 Å². The number of aliphatic carboxylic acids is 1. The summed E-state index contributed by atoms with van der Waals surface area (Å²) >= 11 is 0. The summed E-state index contributed by atoms with van der Waals surface area (Å²) in [5.41, 5.74) is 0.567. The van der Waals surface area contributed by atoms with Crippen LogP contribution in [0.15, 0.2) is 29.2 Å². The molecule has 21 heavy (non-hydrogen) atoms. The molecule has 0 saturated carbocycles. The highest BCUT2D eigenvalue weighted by Crippen LogP contribution is 2.14. The van der Waals surface area contributed by atoms with Crippen molar-refractivity contribution in [3.05, 3.63) is 29.8 Å². The van der Waals surface area contributed by atoms with Crippen molar-refractivity contribution in [3.8, 4) is 0 Å². The zero-order chi connectivity index (χ0) is 15.3. The molecule has 2 rings (SSSR count). The number of sulfonamides is 1. The minimum absolute atomic E-state index is 0.0696. The average Bonchev–Trinajstić information content (AvgIpc) is 2.46. The van der Waals surface area contributed by atoms with Crippen LogP contribution in [0.1, 0.15) is 24.8 Å². The van der Waals surface area contributed by atoms with Crippen LogP contribution in [0.25, 0.3) is 0 Å². The highest BCUT2D eigenvalue weighted by atomic mass is 32.2. The maximum Gasteiger partial charge on any atom is 0.307 e.